The molecule has 5 heteroatoms. The average Bonchev–Trinajstić information content (AvgIpc) is 2.61. The van der Waals surface area contributed by atoms with Gasteiger partial charge >= 0.3 is 0 Å². The molecule has 0 aliphatic carbocycles. The van der Waals surface area contributed by atoms with Crippen molar-refractivity contribution in [2.45, 2.75) is 25.8 Å². The number of aryl methyl sites for hydroxylation is 1. The molecule has 1 aromatic heterocycles. The molecule has 3 heterocycles. The van der Waals surface area contributed by atoms with Gasteiger partial charge in [-0.1, -0.05) is 18.2 Å². The van der Waals surface area contributed by atoms with Crippen LogP contribution in [0.25, 0.3) is 0 Å². The molecule has 1 fully saturated rings. The van der Waals surface area contributed by atoms with Crippen molar-refractivity contribution in [1.29, 1.82) is 0 Å². The van der Waals surface area contributed by atoms with Crippen LogP contribution in [0, 0.1) is 6.92 Å². The largest absolute Gasteiger partial charge is 0.363 e. The lowest BCUT2D eigenvalue weighted by Crippen LogP contribution is -2.48. The summed E-state index contributed by atoms with van der Waals surface area (Å²) in [4.78, 5) is 13.8. The predicted octanol–water partition coefficient (Wildman–Crippen LogP) is 1.94. The second kappa shape index (κ2) is 6.73. The van der Waals surface area contributed by atoms with E-state index in [2.05, 4.69) is 44.5 Å². The van der Waals surface area contributed by atoms with Crippen molar-refractivity contribution in [3.8, 4) is 0 Å². The first-order chi connectivity index (χ1) is 12.1. The molecular formula is C20H27N5. The number of benzene rings is 1. The third-order valence-electron chi connectivity index (χ3n) is 5.31. The summed E-state index contributed by atoms with van der Waals surface area (Å²) < 4.78 is 0. The Morgan fingerprint density at radius 3 is 2.92 bits per heavy atom. The summed E-state index contributed by atoms with van der Waals surface area (Å²) in [6.45, 7) is 6.50. The summed E-state index contributed by atoms with van der Waals surface area (Å²) in [6, 6.07) is 9.67. The molecule has 0 radical (unpaired) electrons. The van der Waals surface area contributed by atoms with Crippen LogP contribution < -0.4 is 10.2 Å². The molecule has 5 nitrogen and oxygen atoms in total. The summed E-state index contributed by atoms with van der Waals surface area (Å²) in [6.07, 6.45) is 2.02. The van der Waals surface area contributed by atoms with Gasteiger partial charge in [0.05, 0.1) is 5.69 Å². The summed E-state index contributed by atoms with van der Waals surface area (Å²) in [5.74, 6) is 1.81. The highest BCUT2D eigenvalue weighted by atomic mass is 15.2. The average molecular weight is 337 g/mol. The molecule has 2 aliphatic heterocycles. The van der Waals surface area contributed by atoms with Gasteiger partial charge in [-0.05, 0) is 30.0 Å². The van der Waals surface area contributed by atoms with Crippen LogP contribution >= 0.6 is 0 Å². The van der Waals surface area contributed by atoms with Gasteiger partial charge in [-0.15, -0.1) is 0 Å². The molecule has 0 bridgehead atoms. The van der Waals surface area contributed by atoms with Crippen molar-refractivity contribution in [3.63, 3.8) is 0 Å². The Hall–Kier alpha value is -1.98. The minimum atomic E-state index is 0.549. The Bertz CT molecular complexity index is 771. The van der Waals surface area contributed by atoms with E-state index >= 15 is 0 Å². The van der Waals surface area contributed by atoms with Gasteiger partial charge in [0.1, 0.15) is 11.6 Å². The van der Waals surface area contributed by atoms with Crippen LogP contribution in [0.2, 0.25) is 0 Å². The van der Waals surface area contributed by atoms with E-state index in [0.717, 1.165) is 43.3 Å². The number of aromatic nitrogens is 2. The molecule has 1 N–H and O–H groups in total. The highest BCUT2D eigenvalue weighted by molar-refractivity contribution is 5.41. The molecule has 0 amide bonds. The number of nitrogens with zero attached hydrogens (tertiary/aromatic N) is 4. The first kappa shape index (κ1) is 16.5. The lowest BCUT2D eigenvalue weighted by molar-refractivity contribution is 0.152. The molecule has 25 heavy (non-hydrogen) atoms. The molecule has 1 atom stereocenters. The zero-order chi connectivity index (χ0) is 17.4. The van der Waals surface area contributed by atoms with Crippen molar-refractivity contribution in [3.05, 3.63) is 52.5 Å². The maximum Gasteiger partial charge on any atom is 0.132 e. The van der Waals surface area contributed by atoms with Crippen molar-refractivity contribution in [2.24, 2.45) is 0 Å². The molecule has 2 aromatic rings. The van der Waals surface area contributed by atoms with E-state index < -0.39 is 0 Å². The second-order valence-corrected chi connectivity index (χ2v) is 7.37. The first-order valence-corrected chi connectivity index (χ1v) is 9.18. The Morgan fingerprint density at radius 1 is 1.20 bits per heavy atom. The van der Waals surface area contributed by atoms with Crippen molar-refractivity contribution < 1.29 is 0 Å². The molecule has 1 aromatic carbocycles. The molecule has 0 spiro atoms. The Kier molecular flexibility index (Phi) is 4.44. The fourth-order valence-corrected chi connectivity index (χ4v) is 4.04. The smallest absolute Gasteiger partial charge is 0.132 e. The lowest BCUT2D eigenvalue weighted by atomic mass is 9.89. The zero-order valence-electron chi connectivity index (χ0n) is 15.4. The SMILES string of the molecule is Cc1nc(Cc2ccc3c(c2)CCN2CCNC[C@@H]32)cc(N(C)C)n1. The summed E-state index contributed by atoms with van der Waals surface area (Å²) >= 11 is 0. The van der Waals surface area contributed by atoms with E-state index in [-0.39, 0.29) is 0 Å². The van der Waals surface area contributed by atoms with E-state index in [1.807, 2.05) is 25.9 Å². The fraction of sp³-hybridized carbons (Fsp3) is 0.500. The Morgan fingerprint density at radius 2 is 2.08 bits per heavy atom. The van der Waals surface area contributed by atoms with Gasteiger partial charge in [0.25, 0.3) is 0 Å². The minimum Gasteiger partial charge on any atom is -0.363 e. The van der Waals surface area contributed by atoms with Crippen LogP contribution in [0.1, 0.15) is 34.3 Å². The van der Waals surface area contributed by atoms with Crippen LogP contribution in [-0.2, 0) is 12.8 Å². The highest BCUT2D eigenvalue weighted by Crippen LogP contribution is 2.31. The minimum absolute atomic E-state index is 0.549. The van der Waals surface area contributed by atoms with Gasteiger partial charge in [-0.2, -0.15) is 0 Å². The highest BCUT2D eigenvalue weighted by Gasteiger charge is 2.29. The molecule has 0 saturated carbocycles. The molecule has 1 saturated heterocycles. The van der Waals surface area contributed by atoms with E-state index in [1.165, 1.54) is 29.8 Å². The number of hydrogen-bond acceptors (Lipinski definition) is 5. The number of hydrogen-bond donors (Lipinski definition) is 1. The van der Waals surface area contributed by atoms with E-state index in [0.29, 0.717) is 6.04 Å². The first-order valence-electron chi connectivity index (χ1n) is 9.18. The third kappa shape index (κ3) is 3.39. The molecule has 2 aliphatic rings. The summed E-state index contributed by atoms with van der Waals surface area (Å²) in [5.41, 5.74) is 5.46. The fourth-order valence-electron chi connectivity index (χ4n) is 4.04. The Balaban J connectivity index is 1.59. The van der Waals surface area contributed by atoms with E-state index in [1.54, 1.807) is 0 Å². The molecule has 0 unspecified atom stereocenters. The second-order valence-electron chi connectivity index (χ2n) is 7.37. The summed E-state index contributed by atoms with van der Waals surface area (Å²) in [5, 5.41) is 3.54. The molecule has 4 rings (SSSR count). The van der Waals surface area contributed by atoms with Gasteiger partial charge in [0, 0.05) is 58.8 Å². The lowest BCUT2D eigenvalue weighted by Gasteiger charge is -2.41. The predicted molar refractivity (Wildman–Crippen MR) is 101 cm³/mol. The van der Waals surface area contributed by atoms with Gasteiger partial charge < -0.3 is 10.2 Å². The van der Waals surface area contributed by atoms with Crippen molar-refractivity contribution in [1.82, 2.24) is 20.2 Å². The number of nitrogens with one attached hydrogen (secondary N) is 1. The van der Waals surface area contributed by atoms with Gasteiger partial charge in [-0.25, -0.2) is 9.97 Å². The van der Waals surface area contributed by atoms with Gasteiger partial charge in [0.15, 0.2) is 0 Å². The zero-order valence-corrected chi connectivity index (χ0v) is 15.4. The van der Waals surface area contributed by atoms with Gasteiger partial charge in [-0.3, -0.25) is 4.90 Å². The quantitative estimate of drug-likeness (QED) is 0.927. The standard InChI is InChI=1S/C20H27N5/c1-14-22-17(12-20(23-14)24(2)3)11-15-4-5-18-16(10-15)6-8-25-9-7-21-13-19(18)25/h4-5,10,12,19,21H,6-9,11,13H2,1-3H3/t19-/m0/s1. The van der Waals surface area contributed by atoms with Gasteiger partial charge in [0.2, 0.25) is 0 Å². The van der Waals surface area contributed by atoms with Crippen LogP contribution in [0.15, 0.2) is 24.3 Å². The monoisotopic (exact) mass is 337 g/mol. The van der Waals surface area contributed by atoms with Crippen LogP contribution in [0.3, 0.4) is 0 Å². The number of anilines is 1. The van der Waals surface area contributed by atoms with Crippen LogP contribution in [0.5, 0.6) is 0 Å². The van der Waals surface area contributed by atoms with Crippen LogP contribution in [-0.4, -0.2) is 55.1 Å². The number of fused-ring (bicyclic) bond motifs is 3. The topological polar surface area (TPSA) is 44.3 Å². The summed E-state index contributed by atoms with van der Waals surface area (Å²) in [7, 11) is 4.04. The third-order valence-corrected chi connectivity index (χ3v) is 5.31. The maximum absolute atomic E-state index is 4.63. The van der Waals surface area contributed by atoms with E-state index in [4.69, 9.17) is 0 Å². The normalized spacial score (nSPS) is 20.0. The number of rotatable bonds is 3. The Labute approximate surface area is 150 Å². The maximum atomic E-state index is 4.63. The number of piperazine rings is 1. The van der Waals surface area contributed by atoms with Crippen molar-refractivity contribution in [2.75, 3.05) is 45.2 Å². The molecular weight excluding hydrogens is 310 g/mol. The molecule has 132 valence electrons. The van der Waals surface area contributed by atoms with Crippen molar-refractivity contribution >= 4 is 5.82 Å². The van der Waals surface area contributed by atoms with E-state index in [9.17, 15) is 0 Å². The van der Waals surface area contributed by atoms with Crippen LogP contribution in [0.4, 0.5) is 5.82 Å².